The van der Waals surface area contributed by atoms with Crippen LogP contribution in [0.5, 0.6) is 11.6 Å². The molecule has 3 N–H and O–H groups in total. The van der Waals surface area contributed by atoms with Crippen molar-refractivity contribution in [2.24, 2.45) is 5.92 Å². The number of fused-ring (bicyclic) bond motifs is 1. The van der Waals surface area contributed by atoms with E-state index in [1.165, 1.54) is 4.90 Å². The predicted octanol–water partition coefficient (Wildman–Crippen LogP) is 4.28. The van der Waals surface area contributed by atoms with E-state index in [4.69, 9.17) is 18.4 Å². The van der Waals surface area contributed by atoms with Crippen LogP contribution in [0.15, 0.2) is 30.5 Å². The fourth-order valence-electron chi connectivity index (χ4n) is 6.69. The maximum atomic E-state index is 14.2. The Labute approximate surface area is 311 Å². The molecule has 4 amide bonds. The van der Waals surface area contributed by atoms with Crippen LogP contribution >= 0.6 is 0 Å². The smallest absolute Gasteiger partial charge is 0.408 e. The van der Waals surface area contributed by atoms with Gasteiger partial charge < -0.3 is 29.7 Å². The summed E-state index contributed by atoms with van der Waals surface area (Å²) >= 11 is 0. The van der Waals surface area contributed by atoms with Gasteiger partial charge in [-0.3, -0.25) is 14.4 Å². The molecule has 3 fully saturated rings. The normalized spacial score (nSPS) is 23.2. The molecule has 292 valence electrons. The zero-order valence-corrected chi connectivity index (χ0v) is 32.3. The van der Waals surface area contributed by atoms with E-state index in [9.17, 15) is 27.6 Å². The number of methoxy groups -OCH3 is 1. The molecule has 1 saturated heterocycles. The van der Waals surface area contributed by atoms with Gasteiger partial charge in [-0.1, -0.05) is 39.0 Å². The van der Waals surface area contributed by atoms with E-state index in [1.54, 1.807) is 47.1 Å². The van der Waals surface area contributed by atoms with Crippen LogP contribution in [-0.2, 0) is 33.6 Å². The van der Waals surface area contributed by atoms with Crippen LogP contribution in [0.25, 0.3) is 10.8 Å². The maximum absolute atomic E-state index is 14.2. The Bertz CT molecular complexity index is 1790. The van der Waals surface area contributed by atoms with Crippen LogP contribution in [0, 0.1) is 5.92 Å². The van der Waals surface area contributed by atoms with E-state index in [-0.39, 0.29) is 25.3 Å². The molecule has 2 aromatic rings. The van der Waals surface area contributed by atoms with Gasteiger partial charge in [0, 0.05) is 18.0 Å². The molecule has 16 heteroatoms. The molecule has 2 heterocycles. The van der Waals surface area contributed by atoms with E-state index in [2.05, 4.69) is 27.3 Å². The second-order valence-corrected chi connectivity index (χ2v) is 16.9. The minimum atomic E-state index is -4.45. The van der Waals surface area contributed by atoms with Gasteiger partial charge in [-0.15, -0.1) is 0 Å². The number of rotatable bonds is 17. The molecule has 3 aliphatic rings. The average Bonchev–Trinajstić information content (AvgIpc) is 3.94. The lowest BCUT2D eigenvalue weighted by Gasteiger charge is -2.27. The third-order valence-corrected chi connectivity index (χ3v) is 10.9. The van der Waals surface area contributed by atoms with Crippen LogP contribution < -0.4 is 24.8 Å². The number of carbonyl (C=O) groups excluding carboxylic acids is 4. The first-order valence-corrected chi connectivity index (χ1v) is 19.8. The first-order valence-electron chi connectivity index (χ1n) is 18.4. The number of hydrogen-bond acceptors (Lipinski definition) is 11. The topological polar surface area (TPSA) is 192 Å². The van der Waals surface area contributed by atoms with Gasteiger partial charge in [-0.2, -0.15) is 8.42 Å². The number of hydrogen-bond donors (Lipinski definition) is 3. The molecule has 5 rings (SSSR count). The standard InChI is InChI=1S/C37H53N5O10S/c1-7-8-9-10-11-12-25-21-37(25,33(45)41-53(47,48)52-36(5)16-17-36)40-31(44)29-20-27(23-42(29)30(43)22-39-34(46)51-35(2,3)4)50-32-28-14-13-26(49-6)19-24(28)15-18-38-32/h13-15,18-19,25,27,29H,7-12,16-17,20-23H2,1-6H3,(H,39,46)(H,40,44)(H,41,45)/t25-,27?,29+,37-/m1/s1. The molecule has 1 aliphatic heterocycles. The van der Waals surface area contributed by atoms with Gasteiger partial charge in [0.25, 0.3) is 5.91 Å². The predicted molar refractivity (Wildman–Crippen MR) is 195 cm³/mol. The molecule has 4 atom stereocenters. The fraction of sp³-hybridized carbons (Fsp3) is 0.649. The zero-order chi connectivity index (χ0) is 38.6. The number of ether oxygens (including phenoxy) is 3. The summed E-state index contributed by atoms with van der Waals surface area (Å²) < 4.78 is 49.9. The second-order valence-electron chi connectivity index (χ2n) is 15.6. The monoisotopic (exact) mass is 759 g/mol. The van der Waals surface area contributed by atoms with Gasteiger partial charge in [0.1, 0.15) is 35.6 Å². The lowest BCUT2D eigenvalue weighted by molar-refractivity contribution is -0.139. The Morgan fingerprint density at radius 2 is 1.79 bits per heavy atom. The summed E-state index contributed by atoms with van der Waals surface area (Å²) in [6.45, 7) is 8.37. The minimum absolute atomic E-state index is 0.0258. The molecule has 0 bridgehead atoms. The van der Waals surface area contributed by atoms with Gasteiger partial charge in [-0.25, -0.2) is 18.7 Å². The van der Waals surface area contributed by atoms with Crippen LogP contribution in [0.2, 0.25) is 0 Å². The van der Waals surface area contributed by atoms with E-state index >= 15 is 0 Å². The lowest BCUT2D eigenvalue weighted by atomic mass is 10.0. The number of nitrogens with zero attached hydrogens (tertiary/aromatic N) is 2. The van der Waals surface area contributed by atoms with Crippen molar-refractivity contribution in [2.45, 2.75) is 128 Å². The molecule has 1 unspecified atom stereocenters. The Morgan fingerprint density at radius 1 is 1.06 bits per heavy atom. The summed E-state index contributed by atoms with van der Waals surface area (Å²) in [6.07, 6.45) is 7.00. The third kappa shape index (κ3) is 10.5. The van der Waals surface area contributed by atoms with Crippen molar-refractivity contribution in [1.82, 2.24) is 25.2 Å². The number of alkyl carbamates (subject to hydrolysis) is 1. The van der Waals surface area contributed by atoms with Crippen molar-refractivity contribution >= 4 is 44.9 Å². The molecule has 1 aromatic carbocycles. The van der Waals surface area contributed by atoms with Crippen molar-refractivity contribution in [1.29, 1.82) is 0 Å². The van der Waals surface area contributed by atoms with Gasteiger partial charge in [0.15, 0.2) is 0 Å². The molecule has 1 aromatic heterocycles. The van der Waals surface area contributed by atoms with Gasteiger partial charge >= 0.3 is 16.4 Å². The second kappa shape index (κ2) is 16.0. The van der Waals surface area contributed by atoms with Crippen LogP contribution in [-0.4, -0.2) is 91.2 Å². The van der Waals surface area contributed by atoms with E-state index in [1.807, 2.05) is 18.2 Å². The number of unbranched alkanes of at least 4 members (excludes halogenated alkanes) is 4. The highest BCUT2D eigenvalue weighted by atomic mass is 32.2. The largest absolute Gasteiger partial charge is 0.497 e. The molecule has 15 nitrogen and oxygen atoms in total. The Kier molecular flexibility index (Phi) is 12.1. The Hall–Kier alpha value is -4.18. The molecule has 2 aliphatic carbocycles. The van der Waals surface area contributed by atoms with Crippen molar-refractivity contribution in [3.63, 3.8) is 0 Å². The summed E-state index contributed by atoms with van der Waals surface area (Å²) in [7, 11) is -2.88. The number of nitrogens with one attached hydrogen (secondary N) is 3. The van der Waals surface area contributed by atoms with Crippen molar-refractivity contribution in [2.75, 3.05) is 20.2 Å². The summed E-state index contributed by atoms with van der Waals surface area (Å²) in [5.74, 6) is -1.46. The molecular weight excluding hydrogens is 706 g/mol. The number of likely N-dealkylation sites (tertiary alicyclic amines) is 1. The van der Waals surface area contributed by atoms with E-state index in [0.29, 0.717) is 36.3 Å². The van der Waals surface area contributed by atoms with Crippen molar-refractivity contribution in [3.05, 3.63) is 30.5 Å². The van der Waals surface area contributed by atoms with Crippen LogP contribution in [0.3, 0.4) is 0 Å². The summed E-state index contributed by atoms with van der Waals surface area (Å²) in [6, 6.07) is 6.11. The van der Waals surface area contributed by atoms with Gasteiger partial charge in [0.05, 0.1) is 19.3 Å². The molecule has 2 saturated carbocycles. The average molecular weight is 760 g/mol. The van der Waals surface area contributed by atoms with E-state index < -0.39 is 69.6 Å². The number of pyridine rings is 1. The lowest BCUT2D eigenvalue weighted by Crippen LogP contribution is -2.57. The SMILES string of the molecule is CCCCCCC[C@@H]1C[C@]1(NC(=O)[C@@H]1CC(Oc2nccc3cc(OC)ccc23)CN1C(=O)CNC(=O)OC(C)(C)C)C(=O)NS(=O)(=O)OC1(C)CC1. The number of carbonyl (C=O) groups is 4. The number of amides is 4. The first-order chi connectivity index (χ1) is 25.0. The molecule has 53 heavy (non-hydrogen) atoms. The molecule has 0 radical (unpaired) electrons. The highest BCUT2D eigenvalue weighted by Crippen LogP contribution is 2.48. The highest BCUT2D eigenvalue weighted by Gasteiger charge is 2.62. The highest BCUT2D eigenvalue weighted by molar-refractivity contribution is 7.85. The third-order valence-electron chi connectivity index (χ3n) is 9.88. The van der Waals surface area contributed by atoms with Crippen molar-refractivity contribution < 1.29 is 46.0 Å². The summed E-state index contributed by atoms with van der Waals surface area (Å²) in [5.41, 5.74) is -3.16. The zero-order valence-electron chi connectivity index (χ0n) is 31.5. The Balaban J connectivity index is 1.36. The number of aromatic nitrogens is 1. The summed E-state index contributed by atoms with van der Waals surface area (Å²) in [5, 5.41) is 6.82. The minimum Gasteiger partial charge on any atom is -0.497 e. The van der Waals surface area contributed by atoms with Crippen LogP contribution in [0.1, 0.15) is 98.8 Å². The quantitative estimate of drug-likeness (QED) is 0.195. The number of benzene rings is 1. The Morgan fingerprint density at radius 3 is 2.47 bits per heavy atom. The van der Waals surface area contributed by atoms with Gasteiger partial charge in [0.2, 0.25) is 17.7 Å². The molecular formula is C37H53N5O10S. The first kappa shape index (κ1) is 40.0. The molecule has 0 spiro atoms. The fourth-order valence-corrected chi connectivity index (χ4v) is 7.84. The maximum Gasteiger partial charge on any atom is 0.408 e. The summed E-state index contributed by atoms with van der Waals surface area (Å²) in [4.78, 5) is 59.8. The van der Waals surface area contributed by atoms with E-state index in [0.717, 1.165) is 37.5 Å². The van der Waals surface area contributed by atoms with Crippen molar-refractivity contribution in [3.8, 4) is 11.6 Å². The van der Waals surface area contributed by atoms with Crippen LogP contribution in [0.4, 0.5) is 4.79 Å². The van der Waals surface area contributed by atoms with Gasteiger partial charge in [-0.05, 0) is 88.9 Å².